The molecule has 0 radical (unpaired) electrons. The number of hydrogen-bond acceptors (Lipinski definition) is 6. The highest BCUT2D eigenvalue weighted by molar-refractivity contribution is 5.77. The second-order valence-corrected chi connectivity index (χ2v) is 4.06. The third-order valence-electron chi connectivity index (χ3n) is 2.48. The molecule has 0 aliphatic rings. The van der Waals surface area contributed by atoms with Crippen molar-refractivity contribution >= 4 is 11.9 Å². The number of methoxy groups -OCH3 is 1. The molecule has 106 valence electrons. The number of amides is 1. The van der Waals surface area contributed by atoms with Gasteiger partial charge in [0.1, 0.15) is 5.76 Å². The van der Waals surface area contributed by atoms with E-state index in [1.54, 1.807) is 20.0 Å². The van der Waals surface area contributed by atoms with E-state index in [1.807, 2.05) is 0 Å². The number of nitrogens with zero attached hydrogens (tertiary/aromatic N) is 2. The van der Waals surface area contributed by atoms with Crippen molar-refractivity contribution in [3.8, 4) is 5.88 Å². The number of carbonyl (C=O) groups excluding carboxylic acids is 2. The van der Waals surface area contributed by atoms with Crippen LogP contribution in [-0.2, 0) is 14.3 Å². The van der Waals surface area contributed by atoms with Gasteiger partial charge in [0.2, 0.25) is 0 Å². The highest BCUT2D eigenvalue weighted by Gasteiger charge is 2.11. The van der Waals surface area contributed by atoms with E-state index in [2.05, 4.69) is 9.89 Å². The van der Waals surface area contributed by atoms with Crippen LogP contribution in [0.1, 0.15) is 18.6 Å². The van der Waals surface area contributed by atoms with E-state index >= 15 is 0 Å². The summed E-state index contributed by atoms with van der Waals surface area (Å²) in [7, 11) is 2.99. The van der Waals surface area contributed by atoms with Gasteiger partial charge in [-0.1, -0.05) is 0 Å². The first-order valence-corrected chi connectivity index (χ1v) is 5.90. The fourth-order valence-corrected chi connectivity index (χ4v) is 1.34. The number of aromatic nitrogens is 1. The fraction of sp³-hybridized carbons (Fsp3) is 0.583. The van der Waals surface area contributed by atoms with E-state index in [1.165, 1.54) is 12.0 Å². The van der Waals surface area contributed by atoms with Gasteiger partial charge in [0.15, 0.2) is 6.61 Å². The lowest BCUT2D eigenvalue weighted by atomic mass is 10.3. The summed E-state index contributed by atoms with van der Waals surface area (Å²) in [6.45, 7) is 2.09. The third kappa shape index (κ3) is 5.41. The molecule has 0 N–H and O–H groups in total. The van der Waals surface area contributed by atoms with Gasteiger partial charge in [0.25, 0.3) is 11.8 Å². The Kier molecular flexibility index (Phi) is 5.84. The number of ether oxygens (including phenoxy) is 2. The van der Waals surface area contributed by atoms with E-state index in [4.69, 9.17) is 9.26 Å². The first-order chi connectivity index (χ1) is 9.02. The minimum atomic E-state index is -0.282. The Morgan fingerprint density at radius 1 is 1.47 bits per heavy atom. The lowest BCUT2D eigenvalue weighted by Crippen LogP contribution is -2.32. The summed E-state index contributed by atoms with van der Waals surface area (Å²) in [5.74, 6) is 0.434. The quantitative estimate of drug-likeness (QED) is 0.681. The average Bonchev–Trinajstić information content (AvgIpc) is 2.81. The van der Waals surface area contributed by atoms with Crippen LogP contribution >= 0.6 is 0 Å². The number of likely N-dealkylation sites (N-methyl/N-ethyl adjacent to an activating group) is 1. The lowest BCUT2D eigenvalue weighted by molar-refractivity contribution is -0.141. The summed E-state index contributed by atoms with van der Waals surface area (Å²) in [4.78, 5) is 24.1. The second-order valence-electron chi connectivity index (χ2n) is 4.06. The Balaban J connectivity index is 2.23. The zero-order chi connectivity index (χ0) is 14.3. The predicted octanol–water partition coefficient (Wildman–Crippen LogP) is 0.773. The zero-order valence-electron chi connectivity index (χ0n) is 11.3. The highest BCUT2D eigenvalue weighted by Crippen LogP contribution is 2.09. The van der Waals surface area contributed by atoms with Crippen LogP contribution in [0.4, 0.5) is 0 Å². The molecule has 0 spiro atoms. The SMILES string of the molecule is COC(=O)CCCN(C)C(=O)COc1cc(C)on1. The van der Waals surface area contributed by atoms with Crippen molar-refractivity contribution in [2.24, 2.45) is 0 Å². The molecule has 1 heterocycles. The molecule has 0 saturated carbocycles. The van der Waals surface area contributed by atoms with Crippen molar-refractivity contribution < 1.29 is 23.6 Å². The molecule has 1 aromatic rings. The molecule has 0 aromatic carbocycles. The summed E-state index contributed by atoms with van der Waals surface area (Å²) in [6, 6.07) is 1.60. The lowest BCUT2D eigenvalue weighted by Gasteiger charge is -2.16. The van der Waals surface area contributed by atoms with Gasteiger partial charge in [-0.25, -0.2) is 0 Å². The molecule has 0 bridgehead atoms. The van der Waals surface area contributed by atoms with Gasteiger partial charge in [-0.2, -0.15) is 0 Å². The maximum Gasteiger partial charge on any atom is 0.305 e. The van der Waals surface area contributed by atoms with Crippen molar-refractivity contribution in [2.75, 3.05) is 27.3 Å². The van der Waals surface area contributed by atoms with Crippen molar-refractivity contribution in [1.29, 1.82) is 0 Å². The van der Waals surface area contributed by atoms with E-state index < -0.39 is 0 Å². The van der Waals surface area contributed by atoms with Crippen LogP contribution in [0, 0.1) is 6.92 Å². The Morgan fingerprint density at radius 3 is 2.79 bits per heavy atom. The van der Waals surface area contributed by atoms with Crippen molar-refractivity contribution in [3.05, 3.63) is 11.8 Å². The average molecular weight is 270 g/mol. The number of carbonyl (C=O) groups is 2. The van der Waals surface area contributed by atoms with E-state index in [-0.39, 0.29) is 30.8 Å². The van der Waals surface area contributed by atoms with Gasteiger partial charge in [0.05, 0.1) is 7.11 Å². The minimum Gasteiger partial charge on any atom is -0.469 e. The van der Waals surface area contributed by atoms with Crippen LogP contribution in [0.2, 0.25) is 0 Å². The van der Waals surface area contributed by atoms with Crippen LogP contribution in [0.25, 0.3) is 0 Å². The van der Waals surface area contributed by atoms with Gasteiger partial charge < -0.3 is 18.9 Å². The highest BCUT2D eigenvalue weighted by atomic mass is 16.5. The normalized spacial score (nSPS) is 10.1. The van der Waals surface area contributed by atoms with Gasteiger partial charge in [-0.05, 0) is 18.5 Å². The van der Waals surface area contributed by atoms with E-state index in [9.17, 15) is 9.59 Å². The molecule has 1 aromatic heterocycles. The van der Waals surface area contributed by atoms with Crippen molar-refractivity contribution in [2.45, 2.75) is 19.8 Å². The molecule has 0 aliphatic heterocycles. The fourth-order valence-electron chi connectivity index (χ4n) is 1.34. The monoisotopic (exact) mass is 270 g/mol. The summed E-state index contributed by atoms with van der Waals surface area (Å²) >= 11 is 0. The Hall–Kier alpha value is -2.05. The van der Waals surface area contributed by atoms with Crippen LogP contribution < -0.4 is 4.74 Å². The first-order valence-electron chi connectivity index (χ1n) is 5.90. The van der Waals surface area contributed by atoms with Gasteiger partial charge in [-0.15, -0.1) is 0 Å². The van der Waals surface area contributed by atoms with Gasteiger partial charge in [-0.3, -0.25) is 9.59 Å². The molecule has 1 amide bonds. The summed E-state index contributed by atoms with van der Waals surface area (Å²) in [6.07, 6.45) is 0.843. The maximum atomic E-state index is 11.7. The minimum absolute atomic E-state index is 0.110. The first kappa shape index (κ1) is 15.0. The number of hydrogen-bond donors (Lipinski definition) is 0. The molecular weight excluding hydrogens is 252 g/mol. The van der Waals surface area contributed by atoms with E-state index in [0.717, 1.165) is 0 Å². The second kappa shape index (κ2) is 7.40. The Bertz CT molecular complexity index is 430. The summed E-state index contributed by atoms with van der Waals surface area (Å²) < 4.78 is 14.5. The smallest absolute Gasteiger partial charge is 0.305 e. The Morgan fingerprint density at radius 2 is 2.21 bits per heavy atom. The van der Waals surface area contributed by atoms with Gasteiger partial charge in [0, 0.05) is 26.1 Å². The number of rotatable bonds is 7. The van der Waals surface area contributed by atoms with Crippen LogP contribution in [-0.4, -0.2) is 49.2 Å². The third-order valence-corrected chi connectivity index (χ3v) is 2.48. The Labute approximate surface area is 111 Å². The number of aryl methyl sites for hydroxylation is 1. The van der Waals surface area contributed by atoms with Crippen molar-refractivity contribution in [1.82, 2.24) is 10.1 Å². The summed E-state index contributed by atoms with van der Waals surface area (Å²) in [5.41, 5.74) is 0. The molecule has 7 nitrogen and oxygen atoms in total. The maximum absolute atomic E-state index is 11.7. The largest absolute Gasteiger partial charge is 0.469 e. The molecule has 19 heavy (non-hydrogen) atoms. The topological polar surface area (TPSA) is 81.9 Å². The van der Waals surface area contributed by atoms with Crippen LogP contribution in [0.3, 0.4) is 0 Å². The predicted molar refractivity (Wildman–Crippen MR) is 65.6 cm³/mol. The molecule has 0 unspecified atom stereocenters. The molecule has 0 fully saturated rings. The zero-order valence-corrected chi connectivity index (χ0v) is 11.3. The molecular formula is C12H18N2O5. The molecule has 0 saturated heterocycles. The van der Waals surface area contributed by atoms with Crippen LogP contribution in [0.15, 0.2) is 10.6 Å². The molecule has 0 aliphatic carbocycles. The van der Waals surface area contributed by atoms with Gasteiger partial charge >= 0.3 is 5.97 Å². The molecule has 1 rings (SSSR count). The van der Waals surface area contributed by atoms with E-state index in [0.29, 0.717) is 18.7 Å². The van der Waals surface area contributed by atoms with Crippen molar-refractivity contribution in [3.63, 3.8) is 0 Å². The summed E-state index contributed by atoms with van der Waals surface area (Å²) in [5, 5.41) is 3.61. The van der Waals surface area contributed by atoms with Crippen LogP contribution in [0.5, 0.6) is 5.88 Å². The molecule has 0 atom stereocenters. The standard InChI is InChI=1S/C12H18N2O5/c1-9-7-10(13-19-9)18-8-11(15)14(2)6-4-5-12(16)17-3/h7H,4-6,8H2,1-3H3. The molecule has 7 heteroatoms. The number of esters is 1.